The molecule has 2 heteroatoms. The number of hydrogen-bond acceptors (Lipinski definition) is 2. The molecule has 0 bridgehead atoms. The fraction of sp³-hybridized carbons (Fsp3) is 1.00. The average Bonchev–Trinajstić information content (AvgIpc) is 2.07. The van der Waals surface area contributed by atoms with Gasteiger partial charge in [-0.15, -0.1) is 0 Å². The van der Waals surface area contributed by atoms with Crippen molar-refractivity contribution in [2.75, 3.05) is 20.1 Å². The summed E-state index contributed by atoms with van der Waals surface area (Å²) in [7, 11) is 2.18. The Morgan fingerprint density at radius 2 is 1.54 bits per heavy atom. The van der Waals surface area contributed by atoms with Crippen LogP contribution in [0.3, 0.4) is 0 Å². The molecule has 0 unspecified atom stereocenters. The molecule has 0 radical (unpaired) electrons. The highest BCUT2D eigenvalue weighted by molar-refractivity contribution is 4.85. The molecule has 0 aromatic carbocycles. The standard InChI is InChI=1S/C9H20N2.C2H6/c1-9(2,10)8-4-6-11(3)7-5-8;1-2/h8H,4-7,10H2,1-3H3;1-2H3. The number of nitrogens with two attached hydrogens (primary N) is 1. The lowest BCUT2D eigenvalue weighted by molar-refractivity contribution is 0.166. The van der Waals surface area contributed by atoms with Crippen LogP contribution in [0.1, 0.15) is 40.5 Å². The first-order valence-corrected chi connectivity index (χ1v) is 5.47. The van der Waals surface area contributed by atoms with Gasteiger partial charge in [0, 0.05) is 5.54 Å². The van der Waals surface area contributed by atoms with E-state index in [1.54, 1.807) is 0 Å². The summed E-state index contributed by atoms with van der Waals surface area (Å²) in [5, 5.41) is 0. The van der Waals surface area contributed by atoms with Gasteiger partial charge in [0.05, 0.1) is 0 Å². The first kappa shape index (κ1) is 12.9. The van der Waals surface area contributed by atoms with E-state index in [0.29, 0.717) is 0 Å². The zero-order valence-electron chi connectivity index (χ0n) is 9.93. The van der Waals surface area contributed by atoms with Crippen LogP contribution in [0.25, 0.3) is 0 Å². The molecule has 0 spiro atoms. The lowest BCUT2D eigenvalue weighted by Gasteiger charge is -2.37. The molecule has 0 aromatic heterocycles. The maximum Gasteiger partial charge on any atom is 0.0126 e. The van der Waals surface area contributed by atoms with Crippen molar-refractivity contribution in [1.29, 1.82) is 0 Å². The van der Waals surface area contributed by atoms with Crippen molar-refractivity contribution < 1.29 is 0 Å². The van der Waals surface area contributed by atoms with E-state index in [4.69, 9.17) is 5.73 Å². The minimum atomic E-state index is 0.0290. The van der Waals surface area contributed by atoms with E-state index >= 15 is 0 Å². The molecule has 0 atom stereocenters. The van der Waals surface area contributed by atoms with Crippen LogP contribution in [-0.2, 0) is 0 Å². The van der Waals surface area contributed by atoms with Gasteiger partial charge in [0.2, 0.25) is 0 Å². The summed E-state index contributed by atoms with van der Waals surface area (Å²) in [6.07, 6.45) is 2.53. The number of nitrogens with zero attached hydrogens (tertiary/aromatic N) is 1. The topological polar surface area (TPSA) is 29.3 Å². The van der Waals surface area contributed by atoms with Gasteiger partial charge < -0.3 is 10.6 Å². The van der Waals surface area contributed by atoms with Crippen molar-refractivity contribution in [3.63, 3.8) is 0 Å². The van der Waals surface area contributed by atoms with Gasteiger partial charge in [0.1, 0.15) is 0 Å². The molecule has 13 heavy (non-hydrogen) atoms. The van der Waals surface area contributed by atoms with Crippen molar-refractivity contribution in [1.82, 2.24) is 4.90 Å². The Labute approximate surface area is 83.5 Å². The molecule has 1 aliphatic heterocycles. The van der Waals surface area contributed by atoms with Crippen LogP contribution >= 0.6 is 0 Å². The molecule has 1 saturated heterocycles. The Morgan fingerprint density at radius 1 is 1.15 bits per heavy atom. The van der Waals surface area contributed by atoms with E-state index in [2.05, 4.69) is 25.8 Å². The highest BCUT2D eigenvalue weighted by atomic mass is 15.1. The number of rotatable bonds is 1. The summed E-state index contributed by atoms with van der Waals surface area (Å²) < 4.78 is 0. The predicted octanol–water partition coefficient (Wildman–Crippen LogP) is 2.09. The molecule has 0 aliphatic carbocycles. The van der Waals surface area contributed by atoms with Crippen molar-refractivity contribution in [3.05, 3.63) is 0 Å². The summed E-state index contributed by atoms with van der Waals surface area (Å²) in [6, 6.07) is 0. The van der Waals surface area contributed by atoms with Crippen LogP contribution in [0.4, 0.5) is 0 Å². The molecule has 0 aromatic rings. The lowest BCUT2D eigenvalue weighted by atomic mass is 9.81. The second kappa shape index (κ2) is 5.61. The SMILES string of the molecule is CC.CN1CCC(C(C)(C)N)CC1. The van der Waals surface area contributed by atoms with E-state index in [1.165, 1.54) is 25.9 Å². The van der Waals surface area contributed by atoms with Crippen LogP contribution in [0.15, 0.2) is 0 Å². The molecule has 1 heterocycles. The minimum Gasteiger partial charge on any atom is -0.325 e. The van der Waals surface area contributed by atoms with Crippen LogP contribution in [-0.4, -0.2) is 30.6 Å². The summed E-state index contributed by atoms with van der Waals surface area (Å²) in [5.74, 6) is 0.721. The van der Waals surface area contributed by atoms with Crippen LogP contribution in [0.2, 0.25) is 0 Å². The maximum absolute atomic E-state index is 6.04. The number of likely N-dealkylation sites (tertiary alicyclic amines) is 1. The first-order chi connectivity index (χ1) is 6.00. The molecule has 80 valence electrons. The molecule has 0 saturated carbocycles. The van der Waals surface area contributed by atoms with Crippen molar-refractivity contribution in [2.45, 2.75) is 46.1 Å². The van der Waals surface area contributed by atoms with Gasteiger partial charge in [-0.05, 0) is 52.7 Å². The molecule has 2 N–H and O–H groups in total. The maximum atomic E-state index is 6.04. The monoisotopic (exact) mass is 186 g/mol. The fourth-order valence-electron chi connectivity index (χ4n) is 1.75. The third kappa shape index (κ3) is 4.63. The van der Waals surface area contributed by atoms with Crippen LogP contribution in [0.5, 0.6) is 0 Å². The van der Waals surface area contributed by atoms with E-state index in [1.807, 2.05) is 13.8 Å². The highest BCUT2D eigenvalue weighted by Crippen LogP contribution is 2.25. The van der Waals surface area contributed by atoms with Gasteiger partial charge in [0.25, 0.3) is 0 Å². The third-order valence-electron chi connectivity index (χ3n) is 2.77. The second-order valence-corrected chi connectivity index (χ2v) is 4.40. The molecule has 1 fully saturated rings. The third-order valence-corrected chi connectivity index (χ3v) is 2.77. The zero-order valence-corrected chi connectivity index (χ0v) is 9.93. The van der Waals surface area contributed by atoms with Crippen LogP contribution < -0.4 is 5.73 Å². The molecule has 1 aliphatic rings. The van der Waals surface area contributed by atoms with E-state index < -0.39 is 0 Å². The molecule has 2 nitrogen and oxygen atoms in total. The fourth-order valence-corrected chi connectivity index (χ4v) is 1.75. The Bertz CT molecular complexity index is 119. The smallest absolute Gasteiger partial charge is 0.0126 e. The second-order valence-electron chi connectivity index (χ2n) is 4.40. The summed E-state index contributed by atoms with van der Waals surface area (Å²) >= 11 is 0. The van der Waals surface area contributed by atoms with Crippen molar-refractivity contribution >= 4 is 0 Å². The van der Waals surface area contributed by atoms with E-state index in [0.717, 1.165) is 5.92 Å². The quantitative estimate of drug-likeness (QED) is 0.679. The van der Waals surface area contributed by atoms with Gasteiger partial charge in [-0.3, -0.25) is 0 Å². The van der Waals surface area contributed by atoms with Gasteiger partial charge >= 0.3 is 0 Å². The normalized spacial score (nSPS) is 20.8. The summed E-state index contributed by atoms with van der Waals surface area (Å²) in [6.45, 7) is 10.7. The largest absolute Gasteiger partial charge is 0.325 e. The van der Waals surface area contributed by atoms with Gasteiger partial charge in [0.15, 0.2) is 0 Å². The van der Waals surface area contributed by atoms with Crippen LogP contribution in [0, 0.1) is 5.92 Å². The predicted molar refractivity (Wildman–Crippen MR) is 59.8 cm³/mol. The van der Waals surface area contributed by atoms with Gasteiger partial charge in [-0.25, -0.2) is 0 Å². The number of piperidine rings is 1. The minimum absolute atomic E-state index is 0.0290. The van der Waals surface area contributed by atoms with Gasteiger partial charge in [-0.2, -0.15) is 0 Å². The summed E-state index contributed by atoms with van der Waals surface area (Å²) in [5.41, 5.74) is 6.07. The Morgan fingerprint density at radius 3 is 1.85 bits per heavy atom. The highest BCUT2D eigenvalue weighted by Gasteiger charge is 2.27. The Balaban J connectivity index is 0.000000671. The Kier molecular flexibility index (Phi) is 5.57. The van der Waals surface area contributed by atoms with Crippen molar-refractivity contribution in [2.24, 2.45) is 11.7 Å². The van der Waals surface area contributed by atoms with E-state index in [-0.39, 0.29) is 5.54 Å². The molecule has 1 rings (SSSR count). The average molecular weight is 186 g/mol. The number of hydrogen-bond donors (Lipinski definition) is 1. The molecular weight excluding hydrogens is 160 g/mol. The first-order valence-electron chi connectivity index (χ1n) is 5.47. The van der Waals surface area contributed by atoms with E-state index in [9.17, 15) is 0 Å². The zero-order chi connectivity index (χ0) is 10.5. The molecule has 0 amide bonds. The van der Waals surface area contributed by atoms with Crippen molar-refractivity contribution in [3.8, 4) is 0 Å². The molecular formula is C11H26N2. The van der Waals surface area contributed by atoms with Gasteiger partial charge in [-0.1, -0.05) is 13.8 Å². The summed E-state index contributed by atoms with van der Waals surface area (Å²) in [4.78, 5) is 2.38. The Hall–Kier alpha value is -0.0800. The lowest BCUT2D eigenvalue weighted by Crippen LogP contribution is -2.46.